The predicted octanol–water partition coefficient (Wildman–Crippen LogP) is 6.38. The third-order valence-electron chi connectivity index (χ3n) is 8.08. The molecule has 0 aromatic heterocycles. The molecule has 0 unspecified atom stereocenters. The minimum absolute atomic E-state index is 0.0804. The summed E-state index contributed by atoms with van der Waals surface area (Å²) >= 11 is 0.763. The van der Waals surface area contributed by atoms with Crippen molar-refractivity contribution in [1.29, 1.82) is 0 Å². The number of nitrogens with zero attached hydrogens (tertiary/aromatic N) is 1. The van der Waals surface area contributed by atoms with Gasteiger partial charge in [0, 0.05) is 24.4 Å². The van der Waals surface area contributed by atoms with Crippen LogP contribution in [0.2, 0.25) is 0 Å². The summed E-state index contributed by atoms with van der Waals surface area (Å²) in [7, 11) is 1.63. The Morgan fingerprint density at radius 2 is 1.68 bits per heavy atom. The number of ether oxygens (including phenoxy) is 2. The first-order valence-electron chi connectivity index (χ1n) is 12.1. The van der Waals surface area contributed by atoms with E-state index >= 15 is 0 Å². The van der Waals surface area contributed by atoms with Crippen molar-refractivity contribution in [2.75, 3.05) is 18.8 Å². The highest BCUT2D eigenvalue weighted by molar-refractivity contribution is 8.27. The number of rotatable bonds is 6. The van der Waals surface area contributed by atoms with Gasteiger partial charge < -0.3 is 9.47 Å². The van der Waals surface area contributed by atoms with E-state index in [1.165, 1.54) is 44.1 Å². The Hall–Kier alpha value is -2.57. The predicted molar refractivity (Wildman–Crippen MR) is 134 cm³/mol. The highest BCUT2D eigenvalue weighted by atomic mass is 32.2. The fourth-order valence-electron chi connectivity index (χ4n) is 7.20. The monoisotopic (exact) mass is 475 g/mol. The summed E-state index contributed by atoms with van der Waals surface area (Å²) in [5.74, 6) is 3.18. The number of thioether (sulfide) groups is 1. The molecule has 1 heterocycles. The van der Waals surface area contributed by atoms with Crippen LogP contribution in [0.3, 0.4) is 0 Å². The zero-order valence-corrected chi connectivity index (χ0v) is 20.2. The molecule has 7 rings (SSSR count). The van der Waals surface area contributed by atoms with Gasteiger partial charge in [0.15, 0.2) is 6.79 Å². The maximum atomic E-state index is 13.0. The van der Waals surface area contributed by atoms with Gasteiger partial charge in [-0.2, -0.15) is 0 Å². The summed E-state index contributed by atoms with van der Waals surface area (Å²) in [5.41, 5.74) is 3.30. The van der Waals surface area contributed by atoms with E-state index in [4.69, 9.17) is 9.47 Å². The largest absolute Gasteiger partial charge is 0.467 e. The highest BCUT2D eigenvalue weighted by Crippen LogP contribution is 2.62. The van der Waals surface area contributed by atoms with Gasteiger partial charge in [0.1, 0.15) is 11.4 Å². The average molecular weight is 476 g/mol. The van der Waals surface area contributed by atoms with Gasteiger partial charge in [-0.05, 0) is 91.5 Å². The number of carbonyl (C=O) groups excluding carboxylic acids is 2. The van der Waals surface area contributed by atoms with Crippen LogP contribution in [-0.4, -0.2) is 24.3 Å². The zero-order chi connectivity index (χ0) is 23.3. The third kappa shape index (κ3) is 3.77. The molecule has 5 nitrogen and oxygen atoms in total. The van der Waals surface area contributed by atoms with E-state index < -0.39 is 0 Å². The van der Waals surface area contributed by atoms with Gasteiger partial charge in [-0.15, -0.1) is 0 Å². The summed E-state index contributed by atoms with van der Waals surface area (Å²) in [4.78, 5) is 27.3. The molecule has 1 saturated heterocycles. The van der Waals surface area contributed by atoms with Crippen molar-refractivity contribution >= 4 is 33.9 Å². The first-order chi connectivity index (χ1) is 16.5. The fraction of sp³-hybridized carbons (Fsp3) is 0.429. The number of amides is 1. The lowest BCUT2D eigenvalue weighted by molar-refractivity contribution is -0.107. The van der Waals surface area contributed by atoms with E-state index in [2.05, 4.69) is 6.07 Å². The van der Waals surface area contributed by atoms with E-state index in [9.17, 15) is 9.59 Å². The fourth-order valence-corrected chi connectivity index (χ4v) is 7.91. The second-order valence-electron chi connectivity index (χ2n) is 10.4. The van der Waals surface area contributed by atoms with Crippen LogP contribution in [0.15, 0.2) is 54.2 Å². The van der Waals surface area contributed by atoms with Gasteiger partial charge in [0.25, 0.3) is 5.24 Å². The number of carbonyl (C=O) groups is 2. The number of hydrogen-bond acceptors (Lipinski definition) is 5. The first kappa shape index (κ1) is 21.9. The molecule has 0 radical (unpaired) electrons. The molecule has 2 aromatic carbocycles. The lowest BCUT2D eigenvalue weighted by Gasteiger charge is -2.57. The topological polar surface area (TPSA) is 55.8 Å². The molecule has 4 aliphatic carbocycles. The molecule has 2 aromatic rings. The Morgan fingerprint density at radius 3 is 2.32 bits per heavy atom. The lowest BCUT2D eigenvalue weighted by atomic mass is 9.48. The second-order valence-corrected chi connectivity index (χ2v) is 11.3. The van der Waals surface area contributed by atoms with Crippen molar-refractivity contribution in [1.82, 2.24) is 0 Å². The highest BCUT2D eigenvalue weighted by Gasteiger charge is 2.52. The van der Waals surface area contributed by atoms with E-state index in [-0.39, 0.29) is 22.6 Å². The van der Waals surface area contributed by atoms with Crippen molar-refractivity contribution in [3.8, 4) is 5.75 Å². The molecule has 1 amide bonds. The zero-order valence-electron chi connectivity index (χ0n) is 19.4. The molecule has 5 aliphatic rings. The Bertz CT molecular complexity index is 1120. The SMILES string of the molecule is COCOc1ccc(N2C(=O)SC(=O)C2=Cc2ccccc2)cc1C12CC3CC(CC(C3)C1)C2. The van der Waals surface area contributed by atoms with Gasteiger partial charge in [-0.3, -0.25) is 14.5 Å². The summed E-state index contributed by atoms with van der Waals surface area (Å²) < 4.78 is 11.3. The van der Waals surface area contributed by atoms with E-state index in [0.29, 0.717) is 5.70 Å². The van der Waals surface area contributed by atoms with Crippen molar-refractivity contribution in [2.45, 2.75) is 43.9 Å². The van der Waals surface area contributed by atoms with E-state index in [1.807, 2.05) is 42.5 Å². The molecule has 176 valence electrons. The molecule has 6 heteroatoms. The minimum Gasteiger partial charge on any atom is -0.467 e. The Morgan fingerprint density at radius 1 is 1.00 bits per heavy atom. The van der Waals surface area contributed by atoms with Crippen LogP contribution in [0.1, 0.15) is 49.7 Å². The number of methoxy groups -OCH3 is 1. The third-order valence-corrected chi connectivity index (χ3v) is 8.83. The van der Waals surface area contributed by atoms with Crippen LogP contribution in [0.4, 0.5) is 10.5 Å². The summed E-state index contributed by atoms with van der Waals surface area (Å²) in [6.45, 7) is 0.189. The maximum Gasteiger partial charge on any atom is 0.298 e. The molecule has 4 saturated carbocycles. The molecular weight excluding hydrogens is 446 g/mol. The molecule has 0 spiro atoms. The van der Waals surface area contributed by atoms with Crippen molar-refractivity contribution < 1.29 is 19.1 Å². The maximum absolute atomic E-state index is 13.0. The van der Waals surface area contributed by atoms with Crippen LogP contribution >= 0.6 is 11.8 Å². The van der Waals surface area contributed by atoms with Crippen molar-refractivity contribution in [3.63, 3.8) is 0 Å². The summed E-state index contributed by atoms with van der Waals surface area (Å²) in [6, 6.07) is 15.6. The Balaban J connectivity index is 1.43. The van der Waals surface area contributed by atoms with Crippen molar-refractivity contribution in [3.05, 3.63) is 65.4 Å². The first-order valence-corrected chi connectivity index (χ1v) is 13.0. The lowest BCUT2D eigenvalue weighted by Crippen LogP contribution is -2.48. The average Bonchev–Trinajstić information content (AvgIpc) is 3.10. The number of hydrogen-bond donors (Lipinski definition) is 0. The van der Waals surface area contributed by atoms with Gasteiger partial charge in [0.05, 0.1) is 5.69 Å². The standard InChI is InChI=1S/C28H29NO4S/c1-32-17-33-25-8-7-22(13-23(25)28-14-19-9-20(15-28)11-21(10-19)16-28)29-24(26(30)34-27(29)31)12-18-5-3-2-4-6-18/h2-8,12-13,19-21H,9-11,14-17H2,1H3. The Kier molecular flexibility index (Phi) is 5.53. The number of benzene rings is 2. The van der Waals surface area contributed by atoms with Crippen LogP contribution in [0.25, 0.3) is 6.08 Å². The molecule has 0 N–H and O–H groups in total. The summed E-state index contributed by atoms with van der Waals surface area (Å²) in [5, 5.41) is -0.473. The smallest absolute Gasteiger partial charge is 0.298 e. The van der Waals surface area contributed by atoms with Gasteiger partial charge in [-0.1, -0.05) is 30.3 Å². The molecule has 34 heavy (non-hydrogen) atoms. The van der Waals surface area contributed by atoms with Gasteiger partial charge in [-0.25, -0.2) is 0 Å². The molecule has 5 fully saturated rings. The molecular formula is C28H29NO4S. The van der Waals surface area contributed by atoms with Crippen LogP contribution in [-0.2, 0) is 14.9 Å². The van der Waals surface area contributed by atoms with E-state index in [1.54, 1.807) is 18.1 Å². The van der Waals surface area contributed by atoms with Crippen LogP contribution in [0, 0.1) is 17.8 Å². The van der Waals surface area contributed by atoms with Crippen molar-refractivity contribution in [2.24, 2.45) is 17.8 Å². The summed E-state index contributed by atoms with van der Waals surface area (Å²) in [6.07, 6.45) is 9.41. The quantitative estimate of drug-likeness (QED) is 0.358. The molecule has 0 atom stereocenters. The second kappa shape index (κ2) is 8.58. The van der Waals surface area contributed by atoms with Gasteiger partial charge in [0.2, 0.25) is 5.12 Å². The Labute approximate surface area is 204 Å². The van der Waals surface area contributed by atoms with E-state index in [0.717, 1.165) is 46.5 Å². The number of anilines is 1. The molecule has 4 bridgehead atoms. The van der Waals surface area contributed by atoms with Gasteiger partial charge >= 0.3 is 0 Å². The normalized spacial score (nSPS) is 31.0. The van der Waals surface area contributed by atoms with Crippen LogP contribution in [0.5, 0.6) is 5.75 Å². The van der Waals surface area contributed by atoms with Crippen LogP contribution < -0.4 is 9.64 Å². The minimum atomic E-state index is -0.255. The molecule has 1 aliphatic heterocycles.